The normalized spacial score (nSPS) is 36.9. The molecule has 0 aromatic carbocycles. The highest BCUT2D eigenvalue weighted by atomic mass is 32.2. The van der Waals surface area contributed by atoms with Crippen molar-refractivity contribution in [3.05, 3.63) is 24.3 Å². The standard InChI is InChI=1S/C24H34N2O5S/c1-22(2,3)26-13-9-11-24-16(17-21(30)31-15-8-5-10-23(17,4)32-24)19(28)25(12-6-7-14-27)18(24)20(26)29/h5,9-11,16-18,27H,6-8,12-15H2,1-4H3/t16-,17+,18?,23-,24-/m0/s1. The highest BCUT2D eigenvalue weighted by Crippen LogP contribution is 2.65. The topological polar surface area (TPSA) is 87.2 Å². The maximum absolute atomic E-state index is 14.0. The molecular formula is C24H34N2O5S. The zero-order valence-corrected chi connectivity index (χ0v) is 20.2. The summed E-state index contributed by atoms with van der Waals surface area (Å²) < 4.78 is 4.07. The minimum Gasteiger partial charge on any atom is -0.465 e. The van der Waals surface area contributed by atoms with E-state index in [0.29, 0.717) is 39.0 Å². The third kappa shape index (κ3) is 3.50. The Bertz CT molecular complexity index is 865. The van der Waals surface area contributed by atoms with Crippen molar-refractivity contribution in [1.29, 1.82) is 0 Å². The van der Waals surface area contributed by atoms with E-state index in [2.05, 4.69) is 0 Å². The number of unbranched alkanes of at least 4 members (excludes halogenated alkanes) is 1. The first-order chi connectivity index (χ1) is 15.1. The Kier molecular flexibility index (Phi) is 5.99. The summed E-state index contributed by atoms with van der Waals surface area (Å²) in [5.74, 6) is -1.90. The fourth-order valence-electron chi connectivity index (χ4n) is 5.73. The number of amides is 2. The van der Waals surface area contributed by atoms with Crippen molar-refractivity contribution in [1.82, 2.24) is 9.80 Å². The summed E-state index contributed by atoms with van der Waals surface area (Å²) in [6.45, 7) is 9.17. The Morgan fingerprint density at radius 3 is 2.56 bits per heavy atom. The third-order valence-electron chi connectivity index (χ3n) is 7.14. The molecule has 2 fully saturated rings. The number of nitrogens with zero attached hydrogens (tertiary/aromatic N) is 2. The predicted molar refractivity (Wildman–Crippen MR) is 123 cm³/mol. The van der Waals surface area contributed by atoms with Gasteiger partial charge in [0.05, 0.1) is 23.2 Å². The quantitative estimate of drug-likeness (QED) is 0.391. The second-order valence-electron chi connectivity index (χ2n) is 10.3. The van der Waals surface area contributed by atoms with Gasteiger partial charge < -0.3 is 19.6 Å². The number of likely N-dealkylation sites (tertiary alicyclic amines) is 1. The lowest BCUT2D eigenvalue weighted by Crippen LogP contribution is -2.57. The Morgan fingerprint density at radius 1 is 1.12 bits per heavy atom. The fraction of sp³-hybridized carbons (Fsp3) is 0.708. The van der Waals surface area contributed by atoms with E-state index in [9.17, 15) is 19.5 Å². The lowest BCUT2D eigenvalue weighted by Gasteiger charge is -2.41. The number of aliphatic hydroxyl groups is 1. The molecule has 2 saturated heterocycles. The number of thioether (sulfide) groups is 1. The van der Waals surface area contributed by atoms with Gasteiger partial charge in [-0.3, -0.25) is 14.4 Å². The van der Waals surface area contributed by atoms with Gasteiger partial charge in [-0.1, -0.05) is 24.3 Å². The molecule has 0 saturated carbocycles. The molecule has 2 amide bonds. The Morgan fingerprint density at radius 2 is 1.88 bits per heavy atom. The molecular weight excluding hydrogens is 428 g/mol. The monoisotopic (exact) mass is 462 g/mol. The van der Waals surface area contributed by atoms with Crippen LogP contribution in [-0.2, 0) is 19.1 Å². The first-order valence-corrected chi connectivity index (χ1v) is 12.3. The van der Waals surface area contributed by atoms with E-state index in [1.165, 1.54) is 0 Å². The predicted octanol–water partition coefficient (Wildman–Crippen LogP) is 2.15. The summed E-state index contributed by atoms with van der Waals surface area (Å²) in [4.78, 5) is 44.6. The first kappa shape index (κ1) is 23.4. The van der Waals surface area contributed by atoms with Gasteiger partial charge in [-0.2, -0.15) is 0 Å². The van der Waals surface area contributed by atoms with Gasteiger partial charge in [0, 0.05) is 30.0 Å². The van der Waals surface area contributed by atoms with Crippen LogP contribution in [0.2, 0.25) is 0 Å². The van der Waals surface area contributed by atoms with Crippen LogP contribution in [0.4, 0.5) is 0 Å². The average Bonchev–Trinajstić information content (AvgIpc) is 3.00. The lowest BCUT2D eigenvalue weighted by atomic mass is 9.74. The van der Waals surface area contributed by atoms with Gasteiger partial charge in [0.25, 0.3) is 0 Å². The Hall–Kier alpha value is -1.80. The van der Waals surface area contributed by atoms with Gasteiger partial charge in [-0.15, -0.1) is 11.8 Å². The van der Waals surface area contributed by atoms with Gasteiger partial charge in [-0.25, -0.2) is 0 Å². The van der Waals surface area contributed by atoms with Crippen LogP contribution in [0, 0.1) is 11.8 Å². The summed E-state index contributed by atoms with van der Waals surface area (Å²) in [6.07, 6.45) is 9.88. The molecule has 1 N–H and O–H groups in total. The van der Waals surface area contributed by atoms with Crippen LogP contribution in [0.5, 0.6) is 0 Å². The van der Waals surface area contributed by atoms with E-state index in [4.69, 9.17) is 4.74 Å². The molecule has 32 heavy (non-hydrogen) atoms. The van der Waals surface area contributed by atoms with Crippen molar-refractivity contribution in [2.45, 2.75) is 68.0 Å². The Labute approximate surface area is 194 Å². The lowest BCUT2D eigenvalue weighted by molar-refractivity contribution is -0.154. The number of esters is 1. The van der Waals surface area contributed by atoms with Gasteiger partial charge in [0.2, 0.25) is 11.8 Å². The summed E-state index contributed by atoms with van der Waals surface area (Å²) in [5.41, 5.74) is -0.404. The van der Waals surface area contributed by atoms with Gasteiger partial charge in [0.15, 0.2) is 0 Å². The van der Waals surface area contributed by atoms with Crippen molar-refractivity contribution < 1.29 is 24.2 Å². The molecule has 176 valence electrons. The van der Waals surface area contributed by atoms with Crippen LogP contribution in [0.1, 0.15) is 47.0 Å². The van der Waals surface area contributed by atoms with Crippen LogP contribution in [0.15, 0.2) is 24.3 Å². The molecule has 8 heteroatoms. The molecule has 1 unspecified atom stereocenters. The molecule has 1 spiro atoms. The smallest absolute Gasteiger partial charge is 0.311 e. The molecule has 4 rings (SSSR count). The zero-order chi connectivity index (χ0) is 23.3. The van der Waals surface area contributed by atoms with Crippen LogP contribution < -0.4 is 0 Å². The second kappa shape index (κ2) is 8.20. The van der Waals surface area contributed by atoms with Crippen LogP contribution >= 0.6 is 11.8 Å². The minimum atomic E-state index is -0.833. The molecule has 0 aromatic rings. The number of carbonyl (C=O) groups is 3. The van der Waals surface area contributed by atoms with E-state index in [1.54, 1.807) is 16.7 Å². The number of fused-ring (bicyclic) bond motifs is 2. The maximum atomic E-state index is 14.0. The zero-order valence-electron chi connectivity index (χ0n) is 19.4. The number of carbonyl (C=O) groups excluding carboxylic acids is 3. The van der Waals surface area contributed by atoms with Crippen LogP contribution in [0.25, 0.3) is 0 Å². The largest absolute Gasteiger partial charge is 0.465 e. The molecule has 4 heterocycles. The third-order valence-corrected chi connectivity index (χ3v) is 8.93. The van der Waals surface area contributed by atoms with Crippen molar-refractivity contribution in [2.75, 3.05) is 26.3 Å². The van der Waals surface area contributed by atoms with E-state index >= 15 is 0 Å². The second-order valence-corrected chi connectivity index (χ2v) is 12.1. The highest BCUT2D eigenvalue weighted by Gasteiger charge is 2.74. The first-order valence-electron chi connectivity index (χ1n) is 11.5. The van der Waals surface area contributed by atoms with E-state index in [0.717, 1.165) is 0 Å². The maximum Gasteiger partial charge on any atom is 0.311 e. The number of ether oxygens (including phenoxy) is 1. The number of cyclic esters (lactones) is 1. The number of rotatable bonds is 4. The average molecular weight is 463 g/mol. The van der Waals surface area contributed by atoms with Crippen molar-refractivity contribution in [2.24, 2.45) is 11.8 Å². The summed E-state index contributed by atoms with van der Waals surface area (Å²) in [5, 5.41) is 9.26. The SMILES string of the molecule is CC(C)(C)N1CC=C[C@]23S[C@@]4(C)C=CCCOC(=O)[C@H]4[C@H]2C(=O)N(CCCCO)C3C1=O. The molecule has 0 aliphatic carbocycles. The van der Waals surface area contributed by atoms with Crippen LogP contribution in [0.3, 0.4) is 0 Å². The van der Waals surface area contributed by atoms with Crippen molar-refractivity contribution >= 4 is 29.5 Å². The van der Waals surface area contributed by atoms with Gasteiger partial charge in [-0.05, 0) is 47.0 Å². The molecule has 5 atom stereocenters. The van der Waals surface area contributed by atoms with E-state index in [1.807, 2.05) is 56.9 Å². The van der Waals surface area contributed by atoms with E-state index in [-0.39, 0.29) is 24.4 Å². The molecule has 4 aliphatic heterocycles. The number of hydrogen-bond donors (Lipinski definition) is 1. The minimum absolute atomic E-state index is 0.0375. The number of hydrogen-bond acceptors (Lipinski definition) is 6. The van der Waals surface area contributed by atoms with Crippen LogP contribution in [-0.4, -0.2) is 80.1 Å². The van der Waals surface area contributed by atoms with Gasteiger partial charge >= 0.3 is 5.97 Å². The summed E-state index contributed by atoms with van der Waals surface area (Å²) in [7, 11) is 0. The van der Waals surface area contributed by atoms with Crippen molar-refractivity contribution in [3.63, 3.8) is 0 Å². The Balaban J connectivity index is 1.85. The highest BCUT2D eigenvalue weighted by molar-refractivity contribution is 8.02. The summed E-state index contributed by atoms with van der Waals surface area (Å²) in [6, 6.07) is -0.687. The molecule has 0 bridgehead atoms. The molecule has 0 aromatic heterocycles. The molecule has 7 nitrogen and oxygen atoms in total. The number of aliphatic hydroxyl groups excluding tert-OH is 1. The molecule has 4 aliphatic rings. The summed E-state index contributed by atoms with van der Waals surface area (Å²) >= 11 is 1.57. The fourth-order valence-corrected chi connectivity index (χ4v) is 7.88. The van der Waals surface area contributed by atoms with E-state index < -0.39 is 32.9 Å². The molecule has 0 radical (unpaired) electrons. The van der Waals surface area contributed by atoms with Gasteiger partial charge in [0.1, 0.15) is 6.04 Å². The van der Waals surface area contributed by atoms with Crippen molar-refractivity contribution in [3.8, 4) is 0 Å².